The maximum absolute atomic E-state index is 12.2. The lowest BCUT2D eigenvalue weighted by Gasteiger charge is -2.09. The summed E-state index contributed by atoms with van der Waals surface area (Å²) in [6.07, 6.45) is 0. The number of halogens is 1. The standard InChI is InChI=1S/C14H12ClNO3S/c1-10(17)11-3-2-4-13(9-11)16-20(18,19)14-7-5-12(15)6-8-14/h2-9,16H,1H3. The first-order valence-electron chi connectivity index (χ1n) is 5.78. The van der Waals surface area contributed by atoms with Gasteiger partial charge in [-0.1, -0.05) is 23.7 Å². The van der Waals surface area contributed by atoms with Crippen LogP contribution in [0, 0.1) is 0 Å². The summed E-state index contributed by atoms with van der Waals surface area (Å²) in [5.41, 5.74) is 0.786. The highest BCUT2D eigenvalue weighted by molar-refractivity contribution is 7.92. The fourth-order valence-corrected chi connectivity index (χ4v) is 2.80. The van der Waals surface area contributed by atoms with Crippen LogP contribution in [0.3, 0.4) is 0 Å². The van der Waals surface area contributed by atoms with E-state index in [0.29, 0.717) is 16.3 Å². The van der Waals surface area contributed by atoms with Gasteiger partial charge >= 0.3 is 0 Å². The Balaban J connectivity index is 2.31. The summed E-state index contributed by atoms with van der Waals surface area (Å²) in [5, 5.41) is 0.461. The third kappa shape index (κ3) is 3.37. The van der Waals surface area contributed by atoms with Gasteiger partial charge in [-0.05, 0) is 43.3 Å². The summed E-state index contributed by atoms with van der Waals surface area (Å²) in [4.78, 5) is 11.4. The maximum Gasteiger partial charge on any atom is 0.261 e. The van der Waals surface area contributed by atoms with E-state index >= 15 is 0 Å². The maximum atomic E-state index is 12.2. The van der Waals surface area contributed by atoms with Crippen molar-refractivity contribution in [3.05, 3.63) is 59.1 Å². The number of rotatable bonds is 4. The molecule has 0 aromatic heterocycles. The van der Waals surface area contributed by atoms with Gasteiger partial charge in [0.25, 0.3) is 10.0 Å². The van der Waals surface area contributed by atoms with Crippen molar-refractivity contribution in [1.29, 1.82) is 0 Å². The zero-order valence-corrected chi connectivity index (χ0v) is 12.2. The van der Waals surface area contributed by atoms with E-state index in [0.717, 1.165) is 0 Å². The van der Waals surface area contributed by atoms with Crippen LogP contribution in [-0.2, 0) is 10.0 Å². The van der Waals surface area contributed by atoms with E-state index in [1.165, 1.54) is 37.3 Å². The second-order valence-corrected chi connectivity index (χ2v) is 6.32. The lowest BCUT2D eigenvalue weighted by molar-refractivity contribution is 0.101. The van der Waals surface area contributed by atoms with Gasteiger partial charge < -0.3 is 0 Å². The number of hydrogen-bond acceptors (Lipinski definition) is 3. The fraction of sp³-hybridized carbons (Fsp3) is 0.0714. The summed E-state index contributed by atoms with van der Waals surface area (Å²) >= 11 is 5.72. The smallest absolute Gasteiger partial charge is 0.261 e. The molecule has 0 radical (unpaired) electrons. The first-order chi connectivity index (χ1) is 9.38. The minimum atomic E-state index is -3.69. The topological polar surface area (TPSA) is 63.2 Å². The van der Waals surface area contributed by atoms with Gasteiger partial charge in [0.05, 0.1) is 4.90 Å². The largest absolute Gasteiger partial charge is 0.295 e. The molecular weight excluding hydrogens is 298 g/mol. The molecule has 0 aliphatic heterocycles. The number of carbonyl (C=O) groups is 1. The molecule has 0 atom stereocenters. The zero-order chi connectivity index (χ0) is 14.8. The molecule has 2 rings (SSSR count). The Hall–Kier alpha value is -1.85. The average Bonchev–Trinajstić information content (AvgIpc) is 2.39. The summed E-state index contributed by atoms with van der Waals surface area (Å²) in [6.45, 7) is 1.42. The number of nitrogens with one attached hydrogen (secondary N) is 1. The minimum absolute atomic E-state index is 0.107. The van der Waals surface area contributed by atoms with Crippen molar-refractivity contribution in [1.82, 2.24) is 0 Å². The SMILES string of the molecule is CC(=O)c1cccc(NS(=O)(=O)c2ccc(Cl)cc2)c1. The van der Waals surface area contributed by atoms with Crippen molar-refractivity contribution < 1.29 is 13.2 Å². The highest BCUT2D eigenvalue weighted by Crippen LogP contribution is 2.19. The van der Waals surface area contributed by atoms with Gasteiger partial charge in [-0.2, -0.15) is 0 Å². The Bertz CT molecular complexity index is 739. The molecule has 2 aromatic rings. The highest BCUT2D eigenvalue weighted by atomic mass is 35.5. The predicted octanol–water partition coefficient (Wildman–Crippen LogP) is 3.34. The minimum Gasteiger partial charge on any atom is -0.295 e. The van der Waals surface area contributed by atoms with E-state index in [-0.39, 0.29) is 10.7 Å². The summed E-state index contributed by atoms with van der Waals surface area (Å²) in [5.74, 6) is -0.127. The van der Waals surface area contributed by atoms with E-state index < -0.39 is 10.0 Å². The molecule has 4 nitrogen and oxygen atoms in total. The summed E-state index contributed by atoms with van der Waals surface area (Å²) < 4.78 is 26.7. The number of ketones is 1. The Morgan fingerprint density at radius 1 is 1.10 bits per heavy atom. The van der Waals surface area contributed by atoms with E-state index in [1.807, 2.05) is 0 Å². The fourth-order valence-electron chi connectivity index (χ4n) is 1.63. The van der Waals surface area contributed by atoms with Gasteiger partial charge in [0.15, 0.2) is 5.78 Å². The van der Waals surface area contributed by atoms with Gasteiger partial charge in [-0.15, -0.1) is 0 Å². The van der Waals surface area contributed by atoms with Crippen LogP contribution in [0.4, 0.5) is 5.69 Å². The van der Waals surface area contributed by atoms with Crippen molar-refractivity contribution in [3.63, 3.8) is 0 Å². The first-order valence-corrected chi connectivity index (χ1v) is 7.64. The second-order valence-electron chi connectivity index (χ2n) is 4.20. The van der Waals surface area contributed by atoms with E-state index in [2.05, 4.69) is 4.72 Å². The van der Waals surface area contributed by atoms with Crippen LogP contribution in [0.1, 0.15) is 17.3 Å². The molecule has 0 saturated carbocycles. The Morgan fingerprint density at radius 2 is 1.75 bits per heavy atom. The lowest BCUT2D eigenvalue weighted by atomic mass is 10.1. The molecule has 0 fully saturated rings. The summed E-state index contributed by atoms with van der Waals surface area (Å²) in [6, 6.07) is 12.2. The van der Waals surface area contributed by atoms with Crippen LogP contribution in [0.15, 0.2) is 53.4 Å². The molecule has 0 amide bonds. The normalized spacial score (nSPS) is 11.1. The van der Waals surface area contributed by atoms with E-state index in [9.17, 15) is 13.2 Å². The van der Waals surface area contributed by atoms with Crippen molar-refractivity contribution in [3.8, 4) is 0 Å². The molecule has 0 spiro atoms. The lowest BCUT2D eigenvalue weighted by Crippen LogP contribution is -2.13. The number of anilines is 1. The van der Waals surface area contributed by atoms with Crippen LogP contribution < -0.4 is 4.72 Å². The molecule has 0 heterocycles. The molecule has 0 saturated heterocycles. The molecule has 104 valence electrons. The van der Waals surface area contributed by atoms with Crippen molar-refractivity contribution >= 4 is 33.1 Å². The Morgan fingerprint density at radius 3 is 2.35 bits per heavy atom. The quantitative estimate of drug-likeness (QED) is 0.881. The van der Waals surface area contributed by atoms with Crippen LogP contribution in [0.25, 0.3) is 0 Å². The molecular formula is C14H12ClNO3S. The van der Waals surface area contributed by atoms with Gasteiger partial charge in [-0.3, -0.25) is 9.52 Å². The molecule has 0 bridgehead atoms. The average molecular weight is 310 g/mol. The number of Topliss-reactive ketones (excluding diaryl/α,β-unsaturated/α-hetero) is 1. The Kier molecular flexibility index (Phi) is 4.11. The molecule has 0 aliphatic rings. The Labute approximate surface area is 122 Å². The second kappa shape index (κ2) is 5.64. The van der Waals surface area contributed by atoms with Crippen LogP contribution in [-0.4, -0.2) is 14.2 Å². The number of hydrogen-bond donors (Lipinski definition) is 1. The van der Waals surface area contributed by atoms with Gasteiger partial charge in [0.2, 0.25) is 0 Å². The third-order valence-corrected chi connectivity index (χ3v) is 4.29. The van der Waals surface area contributed by atoms with Gasteiger partial charge in [0.1, 0.15) is 0 Å². The van der Waals surface area contributed by atoms with Crippen LogP contribution in [0.2, 0.25) is 5.02 Å². The monoisotopic (exact) mass is 309 g/mol. The van der Waals surface area contributed by atoms with Crippen LogP contribution >= 0.6 is 11.6 Å². The van der Waals surface area contributed by atoms with E-state index in [1.54, 1.807) is 18.2 Å². The number of carbonyl (C=O) groups excluding carboxylic acids is 1. The highest BCUT2D eigenvalue weighted by Gasteiger charge is 2.14. The van der Waals surface area contributed by atoms with E-state index in [4.69, 9.17) is 11.6 Å². The molecule has 0 aliphatic carbocycles. The number of benzene rings is 2. The first kappa shape index (κ1) is 14.6. The zero-order valence-electron chi connectivity index (χ0n) is 10.6. The molecule has 20 heavy (non-hydrogen) atoms. The molecule has 0 unspecified atom stereocenters. The van der Waals surface area contributed by atoms with Crippen molar-refractivity contribution in [2.45, 2.75) is 11.8 Å². The molecule has 2 aromatic carbocycles. The molecule has 1 N–H and O–H groups in total. The third-order valence-electron chi connectivity index (χ3n) is 2.65. The van der Waals surface area contributed by atoms with Crippen molar-refractivity contribution in [2.24, 2.45) is 0 Å². The predicted molar refractivity (Wildman–Crippen MR) is 78.7 cm³/mol. The van der Waals surface area contributed by atoms with Gasteiger partial charge in [-0.25, -0.2) is 8.42 Å². The van der Waals surface area contributed by atoms with Crippen molar-refractivity contribution in [2.75, 3.05) is 4.72 Å². The van der Waals surface area contributed by atoms with Gasteiger partial charge in [0, 0.05) is 16.3 Å². The van der Waals surface area contributed by atoms with Crippen LogP contribution in [0.5, 0.6) is 0 Å². The summed E-state index contributed by atoms with van der Waals surface area (Å²) in [7, 11) is -3.69. The number of sulfonamides is 1. The molecule has 6 heteroatoms.